The van der Waals surface area contributed by atoms with Gasteiger partial charge in [-0.05, 0) is 0 Å². The third-order valence-electron chi connectivity index (χ3n) is 7.86. The summed E-state index contributed by atoms with van der Waals surface area (Å²) in [4.78, 5) is 26.8. The monoisotopic (exact) mass is 453 g/mol. The number of carbonyl (C=O) groups excluding carboxylic acids is 2. The standard InChI is InChI=1S/C27H36NO3P/c1-20-16-21(2)25(22(3)17-20)28-26(30)27(12-9-13-27)32(14-7-8-15-32)19-24(29)31-18-23-10-5-4-6-11-23/h4-6,10-11,16-17,32H,7-9,12-15,18-19H2,1-3H3,(H,28,30). The van der Waals surface area contributed by atoms with Gasteiger partial charge in [-0.15, -0.1) is 0 Å². The molecule has 4 nitrogen and oxygen atoms in total. The predicted molar refractivity (Wildman–Crippen MR) is 134 cm³/mol. The Hall–Kier alpha value is -2.19. The minimum absolute atomic E-state index is 0.121. The molecule has 4 rings (SSSR count). The average molecular weight is 454 g/mol. The molecule has 0 atom stereocenters. The van der Waals surface area contributed by atoms with Crippen LogP contribution in [0, 0.1) is 20.8 Å². The molecule has 1 amide bonds. The van der Waals surface area contributed by atoms with Gasteiger partial charge >= 0.3 is 192 Å². The van der Waals surface area contributed by atoms with Crippen molar-refractivity contribution >= 4 is 24.8 Å². The Morgan fingerprint density at radius 2 is 1.59 bits per heavy atom. The number of hydrogen-bond acceptors (Lipinski definition) is 3. The SMILES string of the molecule is Cc1cc(C)c(NC(=O)C2([PH]3(CC(=O)OCc4ccccc4)CCCC3)CCC2)c(C)c1. The topological polar surface area (TPSA) is 55.4 Å². The van der Waals surface area contributed by atoms with Gasteiger partial charge in [0.15, 0.2) is 0 Å². The molecule has 1 saturated heterocycles. The van der Waals surface area contributed by atoms with E-state index in [2.05, 4.69) is 38.2 Å². The summed E-state index contributed by atoms with van der Waals surface area (Å²) in [5.41, 5.74) is 5.37. The van der Waals surface area contributed by atoms with Crippen molar-refractivity contribution in [3.8, 4) is 0 Å². The van der Waals surface area contributed by atoms with Crippen molar-refractivity contribution in [2.75, 3.05) is 23.8 Å². The molecule has 0 bridgehead atoms. The molecule has 172 valence electrons. The molecular weight excluding hydrogens is 417 g/mol. The number of aryl methyl sites for hydroxylation is 3. The van der Waals surface area contributed by atoms with Gasteiger partial charge in [0.2, 0.25) is 0 Å². The van der Waals surface area contributed by atoms with Crippen LogP contribution < -0.4 is 5.32 Å². The first-order valence-electron chi connectivity index (χ1n) is 11.9. The number of rotatable bonds is 7. The molecule has 2 aromatic carbocycles. The zero-order chi connectivity index (χ0) is 22.8. The van der Waals surface area contributed by atoms with Gasteiger partial charge in [-0.1, -0.05) is 0 Å². The quantitative estimate of drug-likeness (QED) is 0.428. The molecule has 0 spiro atoms. The van der Waals surface area contributed by atoms with Crippen LogP contribution in [0.5, 0.6) is 0 Å². The first-order chi connectivity index (χ1) is 15.4. The molecule has 0 radical (unpaired) electrons. The zero-order valence-corrected chi connectivity index (χ0v) is 20.6. The number of carbonyl (C=O) groups is 2. The number of amides is 1. The van der Waals surface area contributed by atoms with Crippen molar-refractivity contribution in [2.45, 2.75) is 64.6 Å². The molecule has 1 aliphatic carbocycles. The van der Waals surface area contributed by atoms with E-state index in [-0.39, 0.29) is 17.0 Å². The van der Waals surface area contributed by atoms with Gasteiger partial charge in [-0.2, -0.15) is 0 Å². The van der Waals surface area contributed by atoms with Gasteiger partial charge in [0.05, 0.1) is 0 Å². The van der Waals surface area contributed by atoms with E-state index in [1.165, 1.54) is 5.56 Å². The molecule has 2 aromatic rings. The molecule has 1 heterocycles. The Labute approximate surface area is 192 Å². The third kappa shape index (κ3) is 4.35. The normalized spacial score (nSPS) is 19.6. The third-order valence-corrected chi connectivity index (χ3v) is 14.2. The Bertz CT molecular complexity index is 968. The maximum absolute atomic E-state index is 13.8. The van der Waals surface area contributed by atoms with Crippen LogP contribution in [0.4, 0.5) is 5.69 Å². The van der Waals surface area contributed by atoms with Crippen molar-refractivity contribution < 1.29 is 14.3 Å². The summed E-state index contributed by atoms with van der Waals surface area (Å²) in [6.45, 7) is 6.52. The molecule has 1 aliphatic heterocycles. The van der Waals surface area contributed by atoms with Crippen LogP contribution in [-0.4, -0.2) is 35.5 Å². The molecule has 0 unspecified atom stereocenters. The van der Waals surface area contributed by atoms with Gasteiger partial charge in [-0.3, -0.25) is 0 Å². The molecule has 2 aliphatic rings. The number of esters is 1. The van der Waals surface area contributed by atoms with E-state index < -0.39 is 7.26 Å². The van der Waals surface area contributed by atoms with Gasteiger partial charge < -0.3 is 0 Å². The number of benzene rings is 2. The van der Waals surface area contributed by atoms with E-state index in [1.54, 1.807) is 0 Å². The summed E-state index contributed by atoms with van der Waals surface area (Å²) in [6.07, 6.45) is 7.78. The van der Waals surface area contributed by atoms with Crippen molar-refractivity contribution in [1.82, 2.24) is 0 Å². The fourth-order valence-electron chi connectivity index (χ4n) is 6.08. The van der Waals surface area contributed by atoms with Gasteiger partial charge in [0.1, 0.15) is 0 Å². The second-order valence-corrected chi connectivity index (χ2v) is 14.8. The fraction of sp³-hybridized carbons (Fsp3) is 0.481. The van der Waals surface area contributed by atoms with Crippen LogP contribution in [0.1, 0.15) is 54.4 Å². The number of ether oxygens (including phenoxy) is 1. The second kappa shape index (κ2) is 9.35. The predicted octanol–water partition coefficient (Wildman–Crippen LogP) is 5.76. The summed E-state index contributed by atoms with van der Waals surface area (Å²) in [5.74, 6) is 0.0346. The Balaban J connectivity index is 1.53. The van der Waals surface area contributed by atoms with E-state index in [4.69, 9.17) is 4.74 Å². The van der Waals surface area contributed by atoms with Crippen LogP contribution in [-0.2, 0) is 20.9 Å². The van der Waals surface area contributed by atoms with E-state index in [0.717, 1.165) is 66.8 Å². The molecular formula is C27H36NO3P. The van der Waals surface area contributed by atoms with Crippen molar-refractivity contribution in [2.24, 2.45) is 0 Å². The summed E-state index contributed by atoms with van der Waals surface area (Å²) in [7, 11) is -2.15. The van der Waals surface area contributed by atoms with Crippen LogP contribution in [0.3, 0.4) is 0 Å². The number of anilines is 1. The Morgan fingerprint density at radius 1 is 0.969 bits per heavy atom. The zero-order valence-electron chi connectivity index (χ0n) is 19.6. The number of hydrogen-bond donors (Lipinski definition) is 1. The second-order valence-electron chi connectivity index (χ2n) is 9.97. The van der Waals surface area contributed by atoms with E-state index in [9.17, 15) is 9.59 Å². The van der Waals surface area contributed by atoms with Crippen LogP contribution in [0.15, 0.2) is 42.5 Å². The fourth-order valence-corrected chi connectivity index (χ4v) is 12.4. The maximum atomic E-state index is 13.8. The van der Waals surface area contributed by atoms with Gasteiger partial charge in [0, 0.05) is 0 Å². The summed E-state index contributed by atoms with van der Waals surface area (Å²) in [5, 5.41) is 2.99. The average Bonchev–Trinajstić information content (AvgIpc) is 3.18. The first-order valence-corrected chi connectivity index (χ1v) is 14.6. The molecule has 1 saturated carbocycles. The van der Waals surface area contributed by atoms with E-state index >= 15 is 0 Å². The molecule has 32 heavy (non-hydrogen) atoms. The molecule has 5 heteroatoms. The minimum atomic E-state index is -2.15. The summed E-state index contributed by atoms with van der Waals surface area (Å²) >= 11 is 0. The Morgan fingerprint density at radius 3 is 2.16 bits per heavy atom. The summed E-state index contributed by atoms with van der Waals surface area (Å²) < 4.78 is 5.69. The first kappa shape index (κ1) is 23.0. The Kier molecular flexibility index (Phi) is 6.72. The molecule has 1 N–H and O–H groups in total. The van der Waals surface area contributed by atoms with Gasteiger partial charge in [-0.25, -0.2) is 0 Å². The van der Waals surface area contributed by atoms with Crippen molar-refractivity contribution in [3.05, 3.63) is 64.7 Å². The van der Waals surface area contributed by atoms with E-state index in [1.807, 2.05) is 30.3 Å². The van der Waals surface area contributed by atoms with Crippen molar-refractivity contribution in [3.63, 3.8) is 0 Å². The molecule has 2 fully saturated rings. The van der Waals surface area contributed by atoms with Crippen molar-refractivity contribution in [1.29, 1.82) is 0 Å². The number of nitrogens with one attached hydrogen (secondary N) is 1. The van der Waals surface area contributed by atoms with Gasteiger partial charge in [0.25, 0.3) is 0 Å². The van der Waals surface area contributed by atoms with Crippen LogP contribution in [0.2, 0.25) is 0 Å². The van der Waals surface area contributed by atoms with Crippen LogP contribution >= 0.6 is 7.26 Å². The summed E-state index contributed by atoms with van der Waals surface area (Å²) in [6, 6.07) is 14.1. The van der Waals surface area contributed by atoms with E-state index in [0.29, 0.717) is 12.8 Å². The van der Waals surface area contributed by atoms with Crippen LogP contribution in [0.25, 0.3) is 0 Å². The molecule has 0 aromatic heterocycles.